The normalized spacial score (nSPS) is 23.2. The zero-order chi connectivity index (χ0) is 20.6. The molecule has 0 bridgehead atoms. The van der Waals surface area contributed by atoms with Crippen LogP contribution in [0, 0.1) is 5.92 Å². The molecule has 1 unspecified atom stereocenters. The monoisotopic (exact) mass is 439 g/mol. The number of thiocarbonyl (C=S) groups is 1. The van der Waals surface area contributed by atoms with Gasteiger partial charge in [0, 0.05) is 43.5 Å². The Labute approximate surface area is 175 Å². The lowest BCUT2D eigenvalue weighted by Gasteiger charge is -2.34. The third kappa shape index (κ3) is 4.80. The summed E-state index contributed by atoms with van der Waals surface area (Å²) < 4.78 is 29.6. The molecule has 2 heterocycles. The average molecular weight is 440 g/mol. The summed E-state index contributed by atoms with van der Waals surface area (Å²) >= 11 is 5.32. The molecule has 3 aliphatic rings. The van der Waals surface area contributed by atoms with Gasteiger partial charge < -0.3 is 15.0 Å². The number of ether oxygens (including phenoxy) is 1. The van der Waals surface area contributed by atoms with Crippen LogP contribution in [0.5, 0.6) is 0 Å². The fourth-order valence-corrected chi connectivity index (χ4v) is 4.58. The lowest BCUT2D eigenvalue weighted by Crippen LogP contribution is -2.50. The Hall–Kier alpha value is -1.95. The average Bonchev–Trinajstić information content (AvgIpc) is 3.49. The zero-order valence-corrected chi connectivity index (χ0v) is 17.6. The van der Waals surface area contributed by atoms with Gasteiger partial charge in [-0.3, -0.25) is 4.90 Å². The maximum Gasteiger partial charge on any atom is 0.414 e. The smallest absolute Gasteiger partial charge is 0.414 e. The van der Waals surface area contributed by atoms with Crippen LogP contribution in [-0.2, 0) is 14.9 Å². The lowest BCUT2D eigenvalue weighted by molar-refractivity contribution is 0.143. The number of anilines is 2. The van der Waals surface area contributed by atoms with Crippen molar-refractivity contribution in [3.8, 4) is 0 Å². The van der Waals surface area contributed by atoms with E-state index in [4.69, 9.17) is 22.1 Å². The number of carbonyl (C=O) groups is 1. The number of amides is 1. The Balaban J connectivity index is 1.32. The second-order valence-corrected chi connectivity index (χ2v) is 9.57. The zero-order valence-electron chi connectivity index (χ0n) is 16.0. The Bertz CT molecular complexity index is 880. The van der Waals surface area contributed by atoms with Gasteiger partial charge in [0.2, 0.25) is 0 Å². The number of benzene rings is 1. The van der Waals surface area contributed by atoms with Crippen LogP contribution < -0.4 is 20.3 Å². The van der Waals surface area contributed by atoms with Crippen molar-refractivity contribution in [2.24, 2.45) is 11.1 Å². The first-order valence-electron chi connectivity index (χ1n) is 9.70. The molecule has 1 amide bonds. The third-order valence-electron chi connectivity index (χ3n) is 5.45. The van der Waals surface area contributed by atoms with Crippen molar-refractivity contribution in [1.82, 2.24) is 9.62 Å². The largest absolute Gasteiger partial charge is 0.442 e. The molecule has 1 aromatic carbocycles. The van der Waals surface area contributed by atoms with E-state index < -0.39 is 10.2 Å². The first kappa shape index (κ1) is 20.3. The number of rotatable bonds is 6. The van der Waals surface area contributed by atoms with Crippen molar-refractivity contribution in [2.45, 2.75) is 18.9 Å². The van der Waals surface area contributed by atoms with Crippen LogP contribution in [-0.4, -0.2) is 69.2 Å². The lowest BCUT2D eigenvalue weighted by atomic mass is 10.2. The Morgan fingerprint density at radius 2 is 1.76 bits per heavy atom. The van der Waals surface area contributed by atoms with Gasteiger partial charge in [-0.25, -0.2) is 9.93 Å². The number of carbonyl (C=O) groups excluding carboxylic acids is 1. The van der Waals surface area contributed by atoms with E-state index in [1.54, 1.807) is 4.90 Å². The summed E-state index contributed by atoms with van der Waals surface area (Å²) in [4.78, 5) is 16.8. The van der Waals surface area contributed by atoms with Gasteiger partial charge in [-0.05, 0) is 37.1 Å². The topological polar surface area (TPSA) is 108 Å². The highest BCUT2D eigenvalue weighted by Crippen LogP contribution is 2.30. The maximum absolute atomic E-state index is 12.3. The van der Waals surface area contributed by atoms with Crippen LogP contribution in [0.4, 0.5) is 16.2 Å². The van der Waals surface area contributed by atoms with Gasteiger partial charge in [0.1, 0.15) is 6.10 Å². The molecule has 1 aliphatic carbocycles. The SMILES string of the molecule is NS(=O)(=O)N1CCN(c2ccc(N3CC(CNC(=S)C4CC4)OC3=O)cc2)CC1. The molecule has 2 saturated heterocycles. The molecule has 2 aliphatic heterocycles. The molecule has 29 heavy (non-hydrogen) atoms. The standard InChI is InChI=1S/C18H25N5O4S2/c19-29(25,26)22-9-7-21(8-10-22)14-3-5-15(6-4-14)23-12-16(27-18(23)24)11-20-17(28)13-1-2-13/h3-6,13,16H,1-2,7-12H2,(H,20,28)(H2,19,25,26). The minimum absolute atomic E-state index is 0.231. The predicted octanol–water partition coefficient (Wildman–Crippen LogP) is 0.664. The van der Waals surface area contributed by atoms with Gasteiger partial charge in [0.15, 0.2) is 0 Å². The van der Waals surface area contributed by atoms with Crippen LogP contribution in [0.3, 0.4) is 0 Å². The molecule has 11 heteroatoms. The van der Waals surface area contributed by atoms with Gasteiger partial charge in [-0.1, -0.05) is 12.2 Å². The molecule has 9 nitrogen and oxygen atoms in total. The van der Waals surface area contributed by atoms with Gasteiger partial charge >= 0.3 is 6.09 Å². The van der Waals surface area contributed by atoms with E-state index in [1.165, 1.54) is 4.31 Å². The maximum atomic E-state index is 12.3. The first-order valence-corrected chi connectivity index (χ1v) is 11.6. The first-order chi connectivity index (χ1) is 13.8. The van der Waals surface area contributed by atoms with E-state index in [1.807, 2.05) is 24.3 Å². The number of hydrogen-bond donors (Lipinski definition) is 2. The highest BCUT2D eigenvalue weighted by molar-refractivity contribution is 7.86. The van der Waals surface area contributed by atoms with Crippen molar-refractivity contribution < 1.29 is 17.9 Å². The van der Waals surface area contributed by atoms with E-state index in [2.05, 4.69) is 10.2 Å². The Kier molecular flexibility index (Phi) is 5.65. The molecule has 0 spiro atoms. The molecular weight excluding hydrogens is 414 g/mol. The van der Waals surface area contributed by atoms with Crippen LogP contribution in [0.15, 0.2) is 24.3 Å². The van der Waals surface area contributed by atoms with E-state index in [9.17, 15) is 13.2 Å². The molecular formula is C18H25N5O4S2. The number of nitrogens with one attached hydrogen (secondary N) is 1. The molecule has 1 saturated carbocycles. The van der Waals surface area contributed by atoms with Gasteiger partial charge in [0.05, 0.1) is 18.1 Å². The van der Waals surface area contributed by atoms with Crippen LogP contribution in [0.25, 0.3) is 0 Å². The van der Waals surface area contributed by atoms with Crippen LogP contribution in [0.2, 0.25) is 0 Å². The summed E-state index contributed by atoms with van der Waals surface area (Å²) in [5, 5.41) is 8.39. The summed E-state index contributed by atoms with van der Waals surface area (Å²) in [6.45, 7) is 2.86. The molecule has 0 aromatic heterocycles. The fourth-order valence-electron chi connectivity index (χ4n) is 3.59. The van der Waals surface area contributed by atoms with Gasteiger partial charge in [-0.15, -0.1) is 0 Å². The summed E-state index contributed by atoms with van der Waals surface area (Å²) in [6, 6.07) is 7.63. The molecule has 3 N–H and O–H groups in total. The third-order valence-corrected chi connectivity index (χ3v) is 7.01. The summed E-state index contributed by atoms with van der Waals surface area (Å²) in [5.41, 5.74) is 1.75. The molecule has 4 rings (SSSR count). The van der Waals surface area contributed by atoms with E-state index in [0.717, 1.165) is 29.2 Å². The van der Waals surface area contributed by atoms with E-state index in [-0.39, 0.29) is 12.2 Å². The second kappa shape index (κ2) is 8.05. The molecule has 0 radical (unpaired) electrons. The molecule has 3 fully saturated rings. The quantitative estimate of drug-likeness (QED) is 0.627. The van der Waals surface area contributed by atoms with Crippen LogP contribution in [0.1, 0.15) is 12.8 Å². The number of nitrogens with zero attached hydrogens (tertiary/aromatic N) is 3. The Morgan fingerprint density at radius 1 is 1.14 bits per heavy atom. The Morgan fingerprint density at radius 3 is 2.34 bits per heavy atom. The number of cyclic esters (lactones) is 1. The van der Waals surface area contributed by atoms with Crippen molar-refractivity contribution >= 4 is 44.9 Å². The molecule has 1 aromatic rings. The fraction of sp³-hybridized carbons (Fsp3) is 0.556. The summed E-state index contributed by atoms with van der Waals surface area (Å²) in [7, 11) is -3.64. The number of nitrogens with two attached hydrogens (primary N) is 1. The summed E-state index contributed by atoms with van der Waals surface area (Å²) in [5.74, 6) is 0.498. The molecule has 158 valence electrons. The van der Waals surface area contributed by atoms with E-state index in [0.29, 0.717) is 45.2 Å². The van der Waals surface area contributed by atoms with Crippen molar-refractivity contribution in [2.75, 3.05) is 49.1 Å². The van der Waals surface area contributed by atoms with Gasteiger partial charge in [-0.2, -0.15) is 12.7 Å². The van der Waals surface area contributed by atoms with E-state index >= 15 is 0 Å². The minimum Gasteiger partial charge on any atom is -0.442 e. The van der Waals surface area contributed by atoms with Crippen LogP contribution >= 0.6 is 12.2 Å². The highest BCUT2D eigenvalue weighted by atomic mass is 32.2. The minimum atomic E-state index is -3.64. The number of piperazine rings is 1. The van der Waals surface area contributed by atoms with Crippen molar-refractivity contribution in [1.29, 1.82) is 0 Å². The summed E-state index contributed by atoms with van der Waals surface area (Å²) in [6.07, 6.45) is 1.70. The molecule has 1 atom stereocenters. The van der Waals surface area contributed by atoms with Gasteiger partial charge in [0.25, 0.3) is 10.2 Å². The van der Waals surface area contributed by atoms with Crippen molar-refractivity contribution in [3.05, 3.63) is 24.3 Å². The van der Waals surface area contributed by atoms with Crippen molar-refractivity contribution in [3.63, 3.8) is 0 Å². The second-order valence-electron chi connectivity index (χ2n) is 7.58. The highest BCUT2D eigenvalue weighted by Gasteiger charge is 2.33. The predicted molar refractivity (Wildman–Crippen MR) is 114 cm³/mol. The number of hydrogen-bond acceptors (Lipinski definition) is 6.